The van der Waals surface area contributed by atoms with Gasteiger partial charge in [-0.1, -0.05) is 6.07 Å². The fraction of sp³-hybridized carbons (Fsp3) is 0.200. The predicted octanol–water partition coefficient (Wildman–Crippen LogP) is 3.01. The minimum absolute atomic E-state index is 0.330. The van der Waals surface area contributed by atoms with Gasteiger partial charge in [-0.15, -0.1) is 0 Å². The first kappa shape index (κ1) is 20.6. The normalized spacial score (nSPS) is 12.8. The van der Waals surface area contributed by atoms with Gasteiger partial charge in [0.15, 0.2) is 0 Å². The third kappa shape index (κ3) is 4.34. The van der Waals surface area contributed by atoms with Gasteiger partial charge in [-0.05, 0) is 24.3 Å². The van der Waals surface area contributed by atoms with Crippen LogP contribution in [0.1, 0.15) is 11.7 Å². The summed E-state index contributed by atoms with van der Waals surface area (Å²) in [5, 5.41) is 23.4. The molecule has 27 heavy (non-hydrogen) atoms. The lowest BCUT2D eigenvalue weighted by Crippen LogP contribution is -2.16. The van der Waals surface area contributed by atoms with Gasteiger partial charge < -0.3 is 10.4 Å². The molecule has 7 nitrogen and oxygen atoms in total. The van der Waals surface area contributed by atoms with E-state index in [1.54, 1.807) is 0 Å². The lowest BCUT2D eigenvalue weighted by atomic mass is 10.1. The Hall–Kier alpha value is -2.73. The molecule has 0 aromatic heterocycles. The summed E-state index contributed by atoms with van der Waals surface area (Å²) in [5.74, 6) is -5.82. The van der Waals surface area contributed by atoms with Crippen molar-refractivity contribution in [1.82, 2.24) is 0 Å². The van der Waals surface area contributed by atoms with Crippen molar-refractivity contribution in [3.05, 3.63) is 63.7 Å². The maximum absolute atomic E-state index is 13.6. The first-order valence-electron chi connectivity index (χ1n) is 7.22. The molecule has 2 N–H and O–H groups in total. The highest BCUT2D eigenvalue weighted by molar-refractivity contribution is 7.91. The van der Waals surface area contributed by atoms with Crippen molar-refractivity contribution in [2.45, 2.75) is 16.8 Å². The minimum atomic E-state index is -5.05. The number of rotatable bonds is 7. The fourth-order valence-corrected chi connectivity index (χ4v) is 2.97. The van der Waals surface area contributed by atoms with Crippen LogP contribution in [0.15, 0.2) is 41.3 Å². The average molecular weight is 408 g/mol. The molecule has 1 unspecified atom stereocenters. The summed E-state index contributed by atoms with van der Waals surface area (Å²) in [6.07, 6.45) is -1.73. The Morgan fingerprint density at radius 1 is 1.15 bits per heavy atom. The standard InChI is InChI=1S/C15H12F4N2O5S/c16-9-2-1-3-10(17)14(9)13(22)7-20-11-5-4-8(6-12(11)21(23)24)27(25,26)15(18)19/h1-6,13,15,20,22H,7H2. The number of aliphatic hydroxyl groups excluding tert-OH is 1. The molecule has 0 aliphatic carbocycles. The minimum Gasteiger partial charge on any atom is -0.386 e. The molecule has 12 heteroatoms. The van der Waals surface area contributed by atoms with Gasteiger partial charge in [0.25, 0.3) is 5.69 Å². The number of hydrogen-bond acceptors (Lipinski definition) is 6. The molecule has 0 aliphatic rings. The van der Waals surface area contributed by atoms with E-state index in [4.69, 9.17) is 0 Å². The summed E-state index contributed by atoms with van der Waals surface area (Å²) >= 11 is 0. The van der Waals surface area contributed by atoms with Crippen LogP contribution >= 0.6 is 0 Å². The van der Waals surface area contributed by atoms with Gasteiger partial charge in [0.1, 0.15) is 23.4 Å². The largest absolute Gasteiger partial charge is 0.386 e. The van der Waals surface area contributed by atoms with E-state index in [1.807, 2.05) is 0 Å². The van der Waals surface area contributed by atoms with Gasteiger partial charge in [0.2, 0.25) is 9.84 Å². The maximum atomic E-state index is 13.6. The summed E-state index contributed by atoms with van der Waals surface area (Å²) in [7, 11) is -5.05. The highest BCUT2D eigenvalue weighted by atomic mass is 32.2. The van der Waals surface area contributed by atoms with Crippen molar-refractivity contribution in [3.8, 4) is 0 Å². The molecule has 0 fully saturated rings. The Labute approximate surface area is 150 Å². The molecule has 1 atom stereocenters. The summed E-state index contributed by atoms with van der Waals surface area (Å²) in [4.78, 5) is 9.11. The molecular formula is C15H12F4N2O5S. The number of sulfone groups is 1. The van der Waals surface area contributed by atoms with Crippen molar-refractivity contribution >= 4 is 21.2 Å². The first-order valence-corrected chi connectivity index (χ1v) is 8.76. The second-order valence-corrected chi connectivity index (χ2v) is 7.19. The molecule has 2 aromatic carbocycles. The lowest BCUT2D eigenvalue weighted by molar-refractivity contribution is -0.384. The first-order chi connectivity index (χ1) is 12.6. The molecule has 146 valence electrons. The van der Waals surface area contributed by atoms with Crippen molar-refractivity contribution in [1.29, 1.82) is 0 Å². The molecule has 0 aliphatic heterocycles. The second-order valence-electron chi connectivity index (χ2n) is 5.27. The number of nitro benzene ring substituents is 1. The quantitative estimate of drug-likeness (QED) is 0.414. The van der Waals surface area contributed by atoms with E-state index in [0.29, 0.717) is 12.1 Å². The van der Waals surface area contributed by atoms with Crippen LogP contribution < -0.4 is 5.32 Å². The molecule has 0 radical (unpaired) electrons. The number of nitro groups is 1. The molecular weight excluding hydrogens is 396 g/mol. The van der Waals surface area contributed by atoms with Gasteiger partial charge in [0, 0.05) is 12.6 Å². The molecule has 0 heterocycles. The number of alkyl halides is 2. The Bertz CT molecular complexity index is 948. The van der Waals surface area contributed by atoms with Crippen LogP contribution in [0.3, 0.4) is 0 Å². The van der Waals surface area contributed by atoms with E-state index in [2.05, 4.69) is 5.32 Å². The van der Waals surface area contributed by atoms with Crippen LogP contribution in [0.4, 0.5) is 28.9 Å². The molecule has 2 aromatic rings. The van der Waals surface area contributed by atoms with Crippen LogP contribution in [-0.4, -0.2) is 30.7 Å². The Morgan fingerprint density at radius 3 is 2.26 bits per heavy atom. The van der Waals surface area contributed by atoms with Crippen molar-refractivity contribution < 1.29 is 36.0 Å². The number of hydrogen-bond donors (Lipinski definition) is 2. The Morgan fingerprint density at radius 2 is 1.74 bits per heavy atom. The van der Waals surface area contributed by atoms with E-state index < -0.39 is 60.9 Å². The third-order valence-electron chi connectivity index (χ3n) is 3.55. The number of halogens is 4. The monoisotopic (exact) mass is 408 g/mol. The SMILES string of the molecule is O=[N+]([O-])c1cc(S(=O)(=O)C(F)F)ccc1NCC(O)c1c(F)cccc1F. The second kappa shape index (κ2) is 7.88. The van der Waals surface area contributed by atoms with E-state index in [1.165, 1.54) is 0 Å². The molecule has 0 saturated heterocycles. The number of benzene rings is 2. The zero-order chi connectivity index (χ0) is 20.4. The summed E-state index contributed by atoms with van der Waals surface area (Å²) in [6.45, 7) is -0.570. The Kier molecular flexibility index (Phi) is 6.01. The number of nitrogens with zero attached hydrogens (tertiary/aromatic N) is 1. The van der Waals surface area contributed by atoms with Gasteiger partial charge in [-0.25, -0.2) is 17.2 Å². The summed E-state index contributed by atoms with van der Waals surface area (Å²) in [5.41, 5.74) is -1.86. The highest BCUT2D eigenvalue weighted by Gasteiger charge is 2.29. The summed E-state index contributed by atoms with van der Waals surface area (Å²) in [6, 6.07) is 4.90. The van der Waals surface area contributed by atoms with E-state index >= 15 is 0 Å². The van der Waals surface area contributed by atoms with Gasteiger partial charge in [-0.3, -0.25) is 10.1 Å². The van der Waals surface area contributed by atoms with Crippen LogP contribution in [0, 0.1) is 21.7 Å². The van der Waals surface area contributed by atoms with Crippen LogP contribution in [0.5, 0.6) is 0 Å². The van der Waals surface area contributed by atoms with E-state index in [-0.39, 0.29) is 5.69 Å². The van der Waals surface area contributed by atoms with Crippen molar-refractivity contribution in [2.24, 2.45) is 0 Å². The van der Waals surface area contributed by atoms with Crippen molar-refractivity contribution in [2.75, 3.05) is 11.9 Å². The zero-order valence-corrected chi connectivity index (χ0v) is 14.1. The zero-order valence-electron chi connectivity index (χ0n) is 13.3. The predicted molar refractivity (Wildman–Crippen MR) is 86.1 cm³/mol. The van der Waals surface area contributed by atoms with Gasteiger partial charge in [0.05, 0.1) is 15.4 Å². The fourth-order valence-electron chi connectivity index (χ4n) is 2.23. The van der Waals surface area contributed by atoms with Crippen LogP contribution in [0.2, 0.25) is 0 Å². The Balaban J connectivity index is 2.30. The van der Waals surface area contributed by atoms with Crippen LogP contribution in [-0.2, 0) is 9.84 Å². The van der Waals surface area contributed by atoms with E-state index in [9.17, 15) is 41.2 Å². The topological polar surface area (TPSA) is 110 Å². The third-order valence-corrected chi connectivity index (χ3v) is 4.93. The lowest BCUT2D eigenvalue weighted by Gasteiger charge is -2.15. The molecule has 0 amide bonds. The molecule has 2 rings (SSSR count). The van der Waals surface area contributed by atoms with Gasteiger partial charge >= 0.3 is 5.76 Å². The number of nitrogens with one attached hydrogen (secondary N) is 1. The smallest absolute Gasteiger partial charge is 0.341 e. The van der Waals surface area contributed by atoms with Crippen molar-refractivity contribution in [3.63, 3.8) is 0 Å². The summed E-state index contributed by atoms with van der Waals surface area (Å²) < 4.78 is 75.2. The van der Waals surface area contributed by atoms with Gasteiger partial charge in [-0.2, -0.15) is 8.78 Å². The average Bonchev–Trinajstić information content (AvgIpc) is 2.59. The maximum Gasteiger partial charge on any atom is 0.341 e. The van der Waals surface area contributed by atoms with E-state index in [0.717, 1.165) is 24.3 Å². The van der Waals surface area contributed by atoms with Crippen LogP contribution in [0.25, 0.3) is 0 Å². The highest BCUT2D eigenvalue weighted by Crippen LogP contribution is 2.30. The number of aliphatic hydroxyl groups is 1. The number of anilines is 1. The molecule has 0 spiro atoms. The molecule has 0 bridgehead atoms. The molecule has 0 saturated carbocycles.